The molecule has 0 amide bonds. The number of hydrogen-bond acceptors (Lipinski definition) is 5. The van der Waals surface area contributed by atoms with E-state index in [4.69, 9.17) is 21.9 Å². The number of aromatic nitrogens is 3. The molecule has 0 aliphatic rings. The van der Waals surface area contributed by atoms with Crippen LogP contribution in [0.2, 0.25) is 5.02 Å². The van der Waals surface area contributed by atoms with Gasteiger partial charge >= 0.3 is 0 Å². The Balaban J connectivity index is 1.93. The van der Waals surface area contributed by atoms with Crippen LogP contribution in [0.25, 0.3) is 11.4 Å². The lowest BCUT2D eigenvalue weighted by molar-refractivity contribution is 0.367. The van der Waals surface area contributed by atoms with Crippen molar-refractivity contribution in [2.45, 2.75) is 6.04 Å². The molecule has 2 aromatic heterocycles. The lowest BCUT2D eigenvalue weighted by atomic mass is 10.1. The van der Waals surface area contributed by atoms with Crippen LogP contribution in [0.4, 0.5) is 0 Å². The van der Waals surface area contributed by atoms with Gasteiger partial charge in [0, 0.05) is 23.0 Å². The minimum Gasteiger partial charge on any atom is -0.337 e. The molecule has 0 aliphatic heterocycles. The maximum Gasteiger partial charge on any atom is 0.248 e. The zero-order valence-electron chi connectivity index (χ0n) is 10.4. The van der Waals surface area contributed by atoms with Gasteiger partial charge in [-0.3, -0.25) is 4.98 Å². The molecule has 3 rings (SSSR count). The second kappa shape index (κ2) is 5.40. The van der Waals surface area contributed by atoms with Crippen LogP contribution in [0.1, 0.15) is 17.5 Å². The van der Waals surface area contributed by atoms with Crippen LogP contribution < -0.4 is 5.73 Å². The van der Waals surface area contributed by atoms with Crippen molar-refractivity contribution in [2.24, 2.45) is 5.73 Å². The fourth-order valence-electron chi connectivity index (χ4n) is 1.84. The summed E-state index contributed by atoms with van der Waals surface area (Å²) in [5, 5.41) is 4.50. The second-order valence-corrected chi connectivity index (χ2v) is 4.60. The first-order valence-corrected chi connectivity index (χ1v) is 6.37. The Kier molecular flexibility index (Phi) is 3.45. The molecule has 3 aromatic rings. The molecule has 1 aromatic carbocycles. The molecule has 0 saturated heterocycles. The molecule has 0 bridgehead atoms. The lowest BCUT2D eigenvalue weighted by Gasteiger charge is -2.08. The Morgan fingerprint density at radius 2 is 1.85 bits per heavy atom. The van der Waals surface area contributed by atoms with E-state index in [1.807, 2.05) is 18.2 Å². The molecular weight excluding hydrogens is 276 g/mol. The Bertz CT molecular complexity index is 714. The molecule has 100 valence electrons. The van der Waals surface area contributed by atoms with Gasteiger partial charge in [0.25, 0.3) is 0 Å². The highest BCUT2D eigenvalue weighted by atomic mass is 35.5. The van der Waals surface area contributed by atoms with Gasteiger partial charge in [-0.05, 0) is 23.8 Å². The predicted molar refractivity (Wildman–Crippen MR) is 75.0 cm³/mol. The molecule has 1 atom stereocenters. The van der Waals surface area contributed by atoms with Crippen molar-refractivity contribution in [1.29, 1.82) is 0 Å². The lowest BCUT2D eigenvalue weighted by Crippen LogP contribution is -2.12. The van der Waals surface area contributed by atoms with E-state index in [0.29, 0.717) is 16.7 Å². The van der Waals surface area contributed by atoms with Gasteiger partial charge in [0.05, 0.1) is 0 Å². The zero-order valence-corrected chi connectivity index (χ0v) is 11.2. The molecule has 0 aliphatic carbocycles. The van der Waals surface area contributed by atoms with Crippen molar-refractivity contribution >= 4 is 11.6 Å². The summed E-state index contributed by atoms with van der Waals surface area (Å²) in [6.07, 6.45) is 3.33. The Hall–Kier alpha value is -2.24. The third-order valence-corrected chi connectivity index (χ3v) is 3.23. The summed E-state index contributed by atoms with van der Waals surface area (Å²) >= 11 is 6.11. The monoisotopic (exact) mass is 286 g/mol. The average Bonchev–Trinajstić information content (AvgIpc) is 2.98. The highest BCUT2D eigenvalue weighted by Crippen LogP contribution is 2.26. The third kappa shape index (κ3) is 2.41. The summed E-state index contributed by atoms with van der Waals surface area (Å²) in [4.78, 5) is 8.25. The first kappa shape index (κ1) is 12.8. The Morgan fingerprint density at radius 1 is 1.10 bits per heavy atom. The summed E-state index contributed by atoms with van der Waals surface area (Å²) in [5.74, 6) is 0.801. The van der Waals surface area contributed by atoms with Crippen molar-refractivity contribution in [1.82, 2.24) is 15.1 Å². The molecule has 0 radical (unpaired) electrons. The highest BCUT2D eigenvalue weighted by molar-refractivity contribution is 6.31. The molecule has 0 unspecified atom stereocenters. The number of halogens is 1. The van der Waals surface area contributed by atoms with Crippen LogP contribution in [-0.4, -0.2) is 15.1 Å². The van der Waals surface area contributed by atoms with Gasteiger partial charge in [-0.15, -0.1) is 0 Å². The van der Waals surface area contributed by atoms with Crippen molar-refractivity contribution in [3.63, 3.8) is 0 Å². The molecule has 2 N–H and O–H groups in total. The number of benzene rings is 1. The van der Waals surface area contributed by atoms with Gasteiger partial charge in [-0.25, -0.2) is 0 Å². The van der Waals surface area contributed by atoms with E-state index in [1.165, 1.54) is 0 Å². The van der Waals surface area contributed by atoms with Gasteiger partial charge < -0.3 is 10.3 Å². The first-order valence-electron chi connectivity index (χ1n) is 5.99. The van der Waals surface area contributed by atoms with Gasteiger partial charge in [-0.1, -0.05) is 35.0 Å². The van der Waals surface area contributed by atoms with Crippen molar-refractivity contribution < 1.29 is 4.52 Å². The molecule has 6 heteroatoms. The predicted octanol–water partition coefficient (Wildman–Crippen LogP) is 2.83. The molecule has 5 nitrogen and oxygen atoms in total. The average molecular weight is 287 g/mol. The van der Waals surface area contributed by atoms with Crippen LogP contribution in [0.15, 0.2) is 53.3 Å². The topological polar surface area (TPSA) is 77.8 Å². The largest absolute Gasteiger partial charge is 0.337 e. The number of nitrogens with zero attached hydrogens (tertiary/aromatic N) is 3. The van der Waals surface area contributed by atoms with E-state index in [1.54, 1.807) is 30.6 Å². The molecule has 0 saturated carbocycles. The van der Waals surface area contributed by atoms with Gasteiger partial charge in [0.15, 0.2) is 0 Å². The van der Waals surface area contributed by atoms with E-state index < -0.39 is 6.04 Å². The van der Waals surface area contributed by atoms with Crippen LogP contribution in [0, 0.1) is 0 Å². The normalized spacial score (nSPS) is 12.3. The maximum absolute atomic E-state index is 6.12. The van der Waals surface area contributed by atoms with Crippen LogP contribution >= 0.6 is 11.6 Å². The quantitative estimate of drug-likeness (QED) is 0.801. The summed E-state index contributed by atoms with van der Waals surface area (Å²) in [6, 6.07) is 10.4. The smallest absolute Gasteiger partial charge is 0.248 e. The van der Waals surface area contributed by atoms with E-state index >= 15 is 0 Å². The number of hydrogen-bond donors (Lipinski definition) is 1. The third-order valence-electron chi connectivity index (χ3n) is 2.89. The highest BCUT2D eigenvalue weighted by Gasteiger charge is 2.19. The fraction of sp³-hybridized carbons (Fsp3) is 0.0714. The molecule has 0 fully saturated rings. The van der Waals surface area contributed by atoms with Crippen LogP contribution in [-0.2, 0) is 0 Å². The van der Waals surface area contributed by atoms with E-state index in [9.17, 15) is 0 Å². The number of rotatable bonds is 3. The maximum atomic E-state index is 6.12. The fourth-order valence-corrected chi connectivity index (χ4v) is 2.09. The standard InChI is InChI=1S/C14H11ClN4O/c15-11-4-2-1-3-10(11)12(16)14-18-13(19-20-14)9-5-7-17-8-6-9/h1-8,12H,16H2/t12-/m1/s1. The van der Waals surface area contributed by atoms with E-state index in [0.717, 1.165) is 11.1 Å². The summed E-state index contributed by atoms with van der Waals surface area (Å²) in [6.45, 7) is 0. The van der Waals surface area contributed by atoms with Crippen LogP contribution in [0.5, 0.6) is 0 Å². The van der Waals surface area contributed by atoms with Crippen LogP contribution in [0.3, 0.4) is 0 Å². The summed E-state index contributed by atoms with van der Waals surface area (Å²) in [5.41, 5.74) is 7.69. The van der Waals surface area contributed by atoms with Gasteiger partial charge in [0.1, 0.15) is 6.04 Å². The number of pyridine rings is 1. The van der Waals surface area contributed by atoms with Crippen molar-refractivity contribution in [2.75, 3.05) is 0 Å². The SMILES string of the molecule is N[C@@H](c1nc(-c2ccncc2)no1)c1ccccc1Cl. The zero-order chi connectivity index (χ0) is 13.9. The molecule has 20 heavy (non-hydrogen) atoms. The summed E-state index contributed by atoms with van der Waals surface area (Å²) in [7, 11) is 0. The number of nitrogens with two attached hydrogens (primary N) is 1. The van der Waals surface area contributed by atoms with Gasteiger partial charge in [0.2, 0.25) is 11.7 Å². The second-order valence-electron chi connectivity index (χ2n) is 4.19. The van der Waals surface area contributed by atoms with Crippen molar-refractivity contribution in [3.05, 3.63) is 65.3 Å². The Labute approximate surface area is 120 Å². The minimum atomic E-state index is -0.549. The first-order chi connectivity index (χ1) is 9.75. The molecule has 2 heterocycles. The van der Waals surface area contributed by atoms with Crippen molar-refractivity contribution in [3.8, 4) is 11.4 Å². The molecule has 0 spiro atoms. The molecular formula is C14H11ClN4O. The minimum absolute atomic E-state index is 0.324. The Morgan fingerprint density at radius 3 is 2.60 bits per heavy atom. The summed E-state index contributed by atoms with van der Waals surface area (Å²) < 4.78 is 5.23. The van der Waals surface area contributed by atoms with E-state index in [2.05, 4.69) is 15.1 Å². The van der Waals surface area contributed by atoms with E-state index in [-0.39, 0.29) is 0 Å². The van der Waals surface area contributed by atoms with Gasteiger partial charge in [-0.2, -0.15) is 4.98 Å².